The maximum Gasteiger partial charge on any atom is 0.328 e. The summed E-state index contributed by atoms with van der Waals surface area (Å²) in [5, 5.41) is 4.06. The molecule has 2 heterocycles. The van der Waals surface area contributed by atoms with Crippen LogP contribution in [0.2, 0.25) is 0 Å². The molecule has 1 aromatic carbocycles. The molecular formula is C17H16N4O5. The highest BCUT2D eigenvalue weighted by Crippen LogP contribution is 2.25. The van der Waals surface area contributed by atoms with Gasteiger partial charge in [-0.1, -0.05) is 5.16 Å². The van der Waals surface area contributed by atoms with E-state index in [0.29, 0.717) is 29.2 Å². The van der Waals surface area contributed by atoms with Gasteiger partial charge < -0.3 is 9.26 Å². The number of anilines is 2. The average molecular weight is 356 g/mol. The van der Waals surface area contributed by atoms with Crippen LogP contribution in [0.1, 0.15) is 18.7 Å². The van der Waals surface area contributed by atoms with E-state index in [9.17, 15) is 14.4 Å². The Balaban J connectivity index is 2.12. The molecule has 1 amide bonds. The van der Waals surface area contributed by atoms with Crippen LogP contribution in [0.25, 0.3) is 10.9 Å². The molecule has 9 heteroatoms. The van der Waals surface area contributed by atoms with Gasteiger partial charge in [-0.05, 0) is 32.0 Å². The van der Waals surface area contributed by atoms with E-state index in [2.05, 4.69) is 14.9 Å². The summed E-state index contributed by atoms with van der Waals surface area (Å²) in [5.74, 6) is 0.282. The highest BCUT2D eigenvalue weighted by atomic mass is 16.5. The minimum absolute atomic E-state index is 0.257. The van der Waals surface area contributed by atoms with Crippen LogP contribution in [0, 0.1) is 6.92 Å². The lowest BCUT2D eigenvalue weighted by Gasteiger charge is -2.16. The summed E-state index contributed by atoms with van der Waals surface area (Å²) in [5.41, 5.74) is 0.439. The molecule has 0 fully saturated rings. The second-order valence-electron chi connectivity index (χ2n) is 5.63. The van der Waals surface area contributed by atoms with Crippen LogP contribution < -0.4 is 10.5 Å². The minimum Gasteiger partial charge on any atom is -0.467 e. The number of ether oxygens (including phenoxy) is 1. The van der Waals surface area contributed by atoms with E-state index in [1.807, 2.05) is 0 Å². The number of carbonyl (C=O) groups is 2. The lowest BCUT2D eigenvalue weighted by atomic mass is 10.2. The molecule has 1 atom stereocenters. The smallest absolute Gasteiger partial charge is 0.328 e. The number of amides is 1. The van der Waals surface area contributed by atoms with Crippen LogP contribution in [-0.4, -0.2) is 34.2 Å². The zero-order chi connectivity index (χ0) is 18.8. The van der Waals surface area contributed by atoms with Gasteiger partial charge >= 0.3 is 5.97 Å². The van der Waals surface area contributed by atoms with Crippen LogP contribution in [0.4, 0.5) is 11.5 Å². The van der Waals surface area contributed by atoms with Crippen LogP contribution in [-0.2, 0) is 14.3 Å². The van der Waals surface area contributed by atoms with E-state index in [0.717, 1.165) is 0 Å². The van der Waals surface area contributed by atoms with Crippen LogP contribution in [0.5, 0.6) is 0 Å². The van der Waals surface area contributed by atoms with Gasteiger partial charge in [-0.3, -0.25) is 19.1 Å². The molecule has 0 radical (unpaired) electrons. The molecule has 9 nitrogen and oxygen atoms in total. The summed E-state index contributed by atoms with van der Waals surface area (Å²) < 4.78 is 10.8. The van der Waals surface area contributed by atoms with Crippen molar-refractivity contribution in [2.24, 2.45) is 0 Å². The lowest BCUT2D eigenvalue weighted by Crippen LogP contribution is -2.29. The second-order valence-corrected chi connectivity index (χ2v) is 5.63. The number of rotatable bonds is 5. The summed E-state index contributed by atoms with van der Waals surface area (Å²) in [4.78, 5) is 41.5. The summed E-state index contributed by atoms with van der Waals surface area (Å²) in [6, 6.07) is 5.54. The molecule has 2 aromatic heterocycles. The zero-order valence-corrected chi connectivity index (χ0v) is 14.4. The van der Waals surface area contributed by atoms with Crippen molar-refractivity contribution in [3.05, 3.63) is 46.7 Å². The first-order chi connectivity index (χ1) is 12.5. The summed E-state index contributed by atoms with van der Waals surface area (Å²) in [7, 11) is 1.25. The van der Waals surface area contributed by atoms with E-state index in [1.54, 1.807) is 32.0 Å². The third kappa shape index (κ3) is 2.94. The van der Waals surface area contributed by atoms with Crippen LogP contribution in [0.3, 0.4) is 0 Å². The Hall–Kier alpha value is -3.49. The van der Waals surface area contributed by atoms with Gasteiger partial charge in [0.15, 0.2) is 5.82 Å². The minimum atomic E-state index is -0.826. The topological polar surface area (TPSA) is 108 Å². The molecule has 3 rings (SSSR count). The first kappa shape index (κ1) is 17.3. The van der Waals surface area contributed by atoms with Gasteiger partial charge in [0.2, 0.25) is 6.41 Å². The fraction of sp³-hybridized carbons (Fsp3) is 0.235. The number of esters is 1. The zero-order valence-electron chi connectivity index (χ0n) is 14.4. The van der Waals surface area contributed by atoms with E-state index < -0.39 is 17.6 Å². The van der Waals surface area contributed by atoms with Crippen molar-refractivity contribution in [1.82, 2.24) is 14.7 Å². The Labute approximate surface area is 147 Å². The molecule has 0 aliphatic rings. The van der Waals surface area contributed by atoms with E-state index in [4.69, 9.17) is 4.52 Å². The third-order valence-electron chi connectivity index (χ3n) is 3.97. The number of nitrogens with zero attached hydrogens (tertiary/aromatic N) is 4. The van der Waals surface area contributed by atoms with Crippen molar-refractivity contribution in [2.45, 2.75) is 19.9 Å². The summed E-state index contributed by atoms with van der Waals surface area (Å²) in [6.07, 6.45) is 1.87. The van der Waals surface area contributed by atoms with Crippen molar-refractivity contribution in [3.8, 4) is 0 Å². The SMILES string of the molecule is COC(=O)C(C)n1cnc2ccc(N(C=O)c3cc(C)on3)cc2c1=O. The maximum atomic E-state index is 12.8. The highest BCUT2D eigenvalue weighted by Gasteiger charge is 2.19. The number of hydrogen-bond donors (Lipinski definition) is 0. The quantitative estimate of drug-likeness (QED) is 0.506. The predicted molar refractivity (Wildman–Crippen MR) is 92.2 cm³/mol. The first-order valence-electron chi connectivity index (χ1n) is 7.73. The molecule has 26 heavy (non-hydrogen) atoms. The van der Waals surface area contributed by atoms with Gasteiger partial charge in [0, 0.05) is 6.07 Å². The lowest BCUT2D eigenvalue weighted by molar-refractivity contribution is -0.144. The number of methoxy groups -OCH3 is 1. The molecule has 1 unspecified atom stereocenters. The normalized spacial score (nSPS) is 12.0. The highest BCUT2D eigenvalue weighted by molar-refractivity contribution is 5.90. The number of aromatic nitrogens is 3. The predicted octanol–water partition coefficient (Wildman–Crippen LogP) is 1.72. The Bertz CT molecular complexity index is 1040. The number of benzene rings is 1. The molecule has 3 aromatic rings. The largest absolute Gasteiger partial charge is 0.467 e. The Morgan fingerprint density at radius 2 is 2.15 bits per heavy atom. The van der Waals surface area contributed by atoms with Crippen molar-refractivity contribution >= 4 is 34.8 Å². The molecule has 0 N–H and O–H groups in total. The van der Waals surface area contributed by atoms with E-state index in [1.165, 1.54) is 29.0 Å². The molecule has 134 valence electrons. The summed E-state index contributed by atoms with van der Waals surface area (Å²) in [6.45, 7) is 3.25. The fourth-order valence-corrected chi connectivity index (χ4v) is 2.55. The van der Waals surface area contributed by atoms with Gasteiger partial charge in [-0.15, -0.1) is 0 Å². The third-order valence-corrected chi connectivity index (χ3v) is 3.97. The number of hydrogen-bond acceptors (Lipinski definition) is 7. The first-order valence-corrected chi connectivity index (χ1v) is 7.73. The molecule has 0 spiro atoms. The van der Waals surface area contributed by atoms with Crippen molar-refractivity contribution in [3.63, 3.8) is 0 Å². The second kappa shape index (κ2) is 6.79. The van der Waals surface area contributed by atoms with Gasteiger partial charge in [0.05, 0.1) is 30.0 Å². The van der Waals surface area contributed by atoms with Crippen molar-refractivity contribution in [2.75, 3.05) is 12.0 Å². The molecular weight excluding hydrogens is 340 g/mol. The van der Waals surface area contributed by atoms with E-state index in [-0.39, 0.29) is 5.39 Å². The molecule has 0 saturated carbocycles. The average Bonchev–Trinajstić information content (AvgIpc) is 3.07. The van der Waals surface area contributed by atoms with Crippen LogP contribution >= 0.6 is 0 Å². The standard InChI is InChI=1S/C17H16N4O5/c1-10-6-15(19-26-10)21(9-22)12-4-5-14-13(7-12)16(23)20(8-18-14)11(2)17(24)25-3/h4-9,11H,1-3H3. The van der Waals surface area contributed by atoms with Crippen LogP contribution in [0.15, 0.2) is 39.9 Å². The molecule has 0 saturated heterocycles. The molecule has 0 aliphatic carbocycles. The van der Waals surface area contributed by atoms with Gasteiger partial charge in [-0.2, -0.15) is 0 Å². The number of fused-ring (bicyclic) bond motifs is 1. The monoisotopic (exact) mass is 356 g/mol. The van der Waals surface area contributed by atoms with Gasteiger partial charge in [0.25, 0.3) is 5.56 Å². The fourth-order valence-electron chi connectivity index (χ4n) is 2.55. The van der Waals surface area contributed by atoms with Crippen molar-refractivity contribution in [1.29, 1.82) is 0 Å². The van der Waals surface area contributed by atoms with E-state index >= 15 is 0 Å². The molecule has 0 aliphatic heterocycles. The summed E-state index contributed by atoms with van der Waals surface area (Å²) >= 11 is 0. The molecule has 0 bridgehead atoms. The van der Waals surface area contributed by atoms with Gasteiger partial charge in [0.1, 0.15) is 11.8 Å². The number of carbonyl (C=O) groups excluding carboxylic acids is 2. The van der Waals surface area contributed by atoms with Gasteiger partial charge in [-0.25, -0.2) is 9.78 Å². The Kier molecular flexibility index (Phi) is 4.53. The maximum absolute atomic E-state index is 12.8. The Morgan fingerprint density at radius 1 is 1.38 bits per heavy atom. The Morgan fingerprint density at radius 3 is 2.77 bits per heavy atom. The number of aryl methyl sites for hydroxylation is 1. The van der Waals surface area contributed by atoms with Crippen molar-refractivity contribution < 1.29 is 18.8 Å².